The number of nitrogens with zero attached hydrogens (tertiary/aromatic N) is 4. The van der Waals surface area contributed by atoms with Gasteiger partial charge in [0.2, 0.25) is 0 Å². The van der Waals surface area contributed by atoms with E-state index < -0.39 is 5.82 Å². The average Bonchev–Trinajstić information content (AvgIpc) is 3.06. The second-order valence-electron chi connectivity index (χ2n) is 6.48. The van der Waals surface area contributed by atoms with Gasteiger partial charge in [-0.2, -0.15) is 4.98 Å². The highest BCUT2D eigenvalue weighted by molar-refractivity contribution is 7.22. The van der Waals surface area contributed by atoms with Crippen molar-refractivity contribution in [2.45, 2.75) is 18.8 Å². The summed E-state index contributed by atoms with van der Waals surface area (Å²) >= 11 is 7.38. The topological polar surface area (TPSA) is 51.1 Å². The zero-order valence-electron chi connectivity index (χ0n) is 14.5. The number of hydrogen-bond donors (Lipinski definition) is 0. The molecule has 4 rings (SSSR count). The van der Waals surface area contributed by atoms with Gasteiger partial charge in [-0.3, -0.25) is 0 Å². The standard InChI is InChI=1S/C18H18ClFN4OS/c1-24(2)18-23-17-15(26-18)14(12-4-3-11(19)9-13(12)20)21-16(22-17)10-5-7-25-8-6-10/h3-4,9-10H,5-8H2,1-2H3. The maximum atomic E-state index is 14.6. The smallest absolute Gasteiger partial charge is 0.187 e. The van der Waals surface area contributed by atoms with Crippen molar-refractivity contribution in [3.63, 3.8) is 0 Å². The summed E-state index contributed by atoms with van der Waals surface area (Å²) in [5, 5.41) is 1.17. The Morgan fingerprint density at radius 1 is 1.19 bits per heavy atom. The lowest BCUT2D eigenvalue weighted by molar-refractivity contribution is 0.0836. The molecule has 136 valence electrons. The summed E-state index contributed by atoms with van der Waals surface area (Å²) in [7, 11) is 3.85. The Kier molecular flexibility index (Phi) is 4.77. The molecule has 3 aromatic rings. The van der Waals surface area contributed by atoms with Crippen LogP contribution in [0.4, 0.5) is 9.52 Å². The van der Waals surface area contributed by atoms with Gasteiger partial charge in [0.05, 0.1) is 5.69 Å². The van der Waals surface area contributed by atoms with E-state index in [1.54, 1.807) is 12.1 Å². The van der Waals surface area contributed by atoms with E-state index in [2.05, 4.69) is 4.98 Å². The van der Waals surface area contributed by atoms with Gasteiger partial charge in [-0.15, -0.1) is 0 Å². The van der Waals surface area contributed by atoms with Gasteiger partial charge in [0.1, 0.15) is 16.3 Å². The second kappa shape index (κ2) is 7.06. The molecule has 26 heavy (non-hydrogen) atoms. The molecule has 0 aliphatic carbocycles. The van der Waals surface area contributed by atoms with E-state index >= 15 is 0 Å². The van der Waals surface area contributed by atoms with Crippen LogP contribution in [0.25, 0.3) is 21.6 Å². The van der Waals surface area contributed by atoms with E-state index in [9.17, 15) is 4.39 Å². The first-order valence-corrected chi connectivity index (χ1v) is 9.61. The largest absolute Gasteiger partial charge is 0.381 e. The van der Waals surface area contributed by atoms with Crippen LogP contribution in [0.15, 0.2) is 18.2 Å². The van der Waals surface area contributed by atoms with Gasteiger partial charge in [-0.1, -0.05) is 22.9 Å². The number of aromatic nitrogens is 3. The lowest BCUT2D eigenvalue weighted by Gasteiger charge is -2.21. The maximum absolute atomic E-state index is 14.6. The molecule has 0 atom stereocenters. The van der Waals surface area contributed by atoms with Crippen LogP contribution in [0.5, 0.6) is 0 Å². The Hall–Kier alpha value is -1.83. The van der Waals surface area contributed by atoms with E-state index in [1.807, 2.05) is 19.0 Å². The third-order valence-corrected chi connectivity index (χ3v) is 5.87. The zero-order valence-corrected chi connectivity index (χ0v) is 16.1. The van der Waals surface area contributed by atoms with E-state index in [4.69, 9.17) is 26.3 Å². The highest BCUT2D eigenvalue weighted by Crippen LogP contribution is 2.37. The molecule has 0 amide bonds. The van der Waals surface area contributed by atoms with Crippen LogP contribution >= 0.6 is 22.9 Å². The van der Waals surface area contributed by atoms with E-state index in [0.717, 1.165) is 22.7 Å². The highest BCUT2D eigenvalue weighted by atomic mass is 35.5. The molecule has 1 aliphatic heterocycles. The van der Waals surface area contributed by atoms with Crippen LogP contribution in [0.2, 0.25) is 5.02 Å². The van der Waals surface area contributed by atoms with Crippen molar-refractivity contribution in [1.82, 2.24) is 15.0 Å². The van der Waals surface area contributed by atoms with Gasteiger partial charge in [0.15, 0.2) is 10.8 Å². The predicted octanol–water partition coefficient (Wildman–Crippen LogP) is 4.51. The summed E-state index contributed by atoms with van der Waals surface area (Å²) < 4.78 is 20.8. The fourth-order valence-corrected chi connectivity index (χ4v) is 4.11. The van der Waals surface area contributed by atoms with Crippen molar-refractivity contribution in [3.05, 3.63) is 34.9 Å². The number of halogens is 2. The molecule has 0 radical (unpaired) electrons. The summed E-state index contributed by atoms with van der Waals surface area (Å²) in [6, 6.07) is 4.66. The Labute approximate surface area is 159 Å². The minimum Gasteiger partial charge on any atom is -0.381 e. The van der Waals surface area contributed by atoms with Crippen molar-refractivity contribution in [3.8, 4) is 11.3 Å². The van der Waals surface area contributed by atoms with Crippen LogP contribution in [0.1, 0.15) is 24.6 Å². The molecule has 0 unspecified atom stereocenters. The summed E-state index contributed by atoms with van der Waals surface area (Å²) in [6.45, 7) is 1.38. The molecule has 2 aromatic heterocycles. The number of hydrogen-bond acceptors (Lipinski definition) is 6. The van der Waals surface area contributed by atoms with Crippen LogP contribution in [-0.2, 0) is 4.74 Å². The van der Waals surface area contributed by atoms with E-state index in [0.29, 0.717) is 41.0 Å². The normalized spacial score (nSPS) is 15.5. The number of fused-ring (bicyclic) bond motifs is 1. The van der Waals surface area contributed by atoms with Gasteiger partial charge in [0, 0.05) is 43.8 Å². The SMILES string of the molecule is CN(C)c1nc2nc(C3CCOCC3)nc(-c3ccc(Cl)cc3F)c2s1. The molecule has 1 aromatic carbocycles. The molecule has 3 heterocycles. The molecule has 1 aliphatic rings. The number of ether oxygens (including phenoxy) is 1. The summed E-state index contributed by atoms with van der Waals surface area (Å²) in [5.41, 5.74) is 1.61. The molecular weight excluding hydrogens is 375 g/mol. The van der Waals surface area contributed by atoms with E-state index in [-0.39, 0.29) is 5.92 Å². The fourth-order valence-electron chi connectivity index (χ4n) is 3.02. The number of anilines is 1. The van der Waals surface area contributed by atoms with Gasteiger partial charge >= 0.3 is 0 Å². The lowest BCUT2D eigenvalue weighted by Crippen LogP contribution is -2.16. The second-order valence-corrected chi connectivity index (χ2v) is 7.90. The quantitative estimate of drug-likeness (QED) is 0.656. The van der Waals surface area contributed by atoms with E-state index in [1.165, 1.54) is 17.4 Å². The summed E-state index contributed by atoms with van der Waals surface area (Å²) in [6.07, 6.45) is 1.72. The average molecular weight is 393 g/mol. The van der Waals surface area contributed by atoms with Crippen molar-refractivity contribution in [1.29, 1.82) is 0 Å². The highest BCUT2D eigenvalue weighted by Gasteiger charge is 2.24. The lowest BCUT2D eigenvalue weighted by atomic mass is 9.99. The van der Waals surface area contributed by atoms with Gasteiger partial charge in [-0.25, -0.2) is 14.4 Å². The summed E-state index contributed by atoms with van der Waals surface area (Å²) in [5.74, 6) is 0.516. The van der Waals surface area contributed by atoms with Crippen LogP contribution in [-0.4, -0.2) is 42.3 Å². The molecule has 0 spiro atoms. The van der Waals surface area contributed by atoms with Gasteiger partial charge < -0.3 is 9.64 Å². The molecular formula is C18H18ClFN4OS. The molecule has 0 N–H and O–H groups in total. The third kappa shape index (κ3) is 3.26. The summed E-state index contributed by atoms with van der Waals surface area (Å²) in [4.78, 5) is 16.0. The van der Waals surface area contributed by atoms with Crippen molar-refractivity contribution < 1.29 is 9.13 Å². The van der Waals surface area contributed by atoms with Crippen molar-refractivity contribution >= 4 is 38.4 Å². The fraction of sp³-hybridized carbons (Fsp3) is 0.389. The number of rotatable bonds is 3. The molecule has 0 saturated carbocycles. The molecule has 8 heteroatoms. The zero-order chi connectivity index (χ0) is 18.3. The monoisotopic (exact) mass is 392 g/mol. The third-order valence-electron chi connectivity index (χ3n) is 4.42. The van der Waals surface area contributed by atoms with Gasteiger partial charge in [0.25, 0.3) is 0 Å². The van der Waals surface area contributed by atoms with Crippen LogP contribution < -0.4 is 4.90 Å². The van der Waals surface area contributed by atoms with Crippen molar-refractivity contribution in [2.24, 2.45) is 0 Å². The molecule has 5 nitrogen and oxygen atoms in total. The van der Waals surface area contributed by atoms with Crippen LogP contribution in [0.3, 0.4) is 0 Å². The minimum atomic E-state index is -0.393. The number of benzene rings is 1. The Balaban J connectivity index is 1.92. The number of thiazole rings is 1. The molecule has 1 saturated heterocycles. The predicted molar refractivity (Wildman–Crippen MR) is 103 cm³/mol. The Morgan fingerprint density at radius 3 is 2.65 bits per heavy atom. The molecule has 1 fully saturated rings. The Morgan fingerprint density at radius 2 is 1.96 bits per heavy atom. The maximum Gasteiger partial charge on any atom is 0.187 e. The Bertz CT molecular complexity index is 956. The first-order valence-electron chi connectivity index (χ1n) is 8.42. The first kappa shape index (κ1) is 17.6. The minimum absolute atomic E-state index is 0.201. The van der Waals surface area contributed by atoms with Crippen molar-refractivity contribution in [2.75, 3.05) is 32.2 Å². The van der Waals surface area contributed by atoms with Crippen LogP contribution in [0, 0.1) is 5.82 Å². The van der Waals surface area contributed by atoms with Gasteiger partial charge in [-0.05, 0) is 31.0 Å². The molecule has 0 bridgehead atoms. The first-order chi connectivity index (χ1) is 12.5.